The summed E-state index contributed by atoms with van der Waals surface area (Å²) >= 11 is 7.47. The van der Waals surface area contributed by atoms with E-state index in [2.05, 4.69) is 10.1 Å². The first-order valence-electron chi connectivity index (χ1n) is 11.4. The van der Waals surface area contributed by atoms with Gasteiger partial charge in [0, 0.05) is 23.4 Å². The number of oxazole rings is 1. The van der Waals surface area contributed by atoms with Crippen LogP contribution in [-0.2, 0) is 13.1 Å². The van der Waals surface area contributed by atoms with E-state index in [1.807, 2.05) is 6.07 Å². The minimum Gasteiger partial charge on any atom is -0.477 e. The maximum atomic E-state index is 13.5. The lowest BCUT2D eigenvalue weighted by Crippen LogP contribution is -2.31. The molecule has 0 fully saturated rings. The molecule has 0 aliphatic heterocycles. The second-order valence-corrected chi connectivity index (χ2v) is 11.3. The van der Waals surface area contributed by atoms with Crippen molar-refractivity contribution in [3.8, 4) is 11.3 Å². The van der Waals surface area contributed by atoms with Crippen molar-refractivity contribution in [2.75, 3.05) is 11.9 Å². The van der Waals surface area contributed by atoms with E-state index in [1.54, 1.807) is 44.9 Å². The number of pyridine rings is 1. The lowest BCUT2D eigenvalue weighted by molar-refractivity contribution is 0.0682. The molecule has 38 heavy (non-hydrogen) atoms. The van der Waals surface area contributed by atoms with Crippen molar-refractivity contribution in [2.24, 2.45) is 5.41 Å². The van der Waals surface area contributed by atoms with Crippen LogP contribution in [0.1, 0.15) is 51.4 Å². The number of rotatable bonds is 8. The van der Waals surface area contributed by atoms with Crippen LogP contribution in [-0.4, -0.2) is 49.1 Å². The number of hydrogen-bond donors (Lipinski definition) is 1. The number of hydrogen-bond acceptors (Lipinski definition) is 9. The maximum Gasteiger partial charge on any atom is 0.352 e. The van der Waals surface area contributed by atoms with Gasteiger partial charge in [-0.2, -0.15) is 9.78 Å². The second kappa shape index (κ2) is 10.4. The fourth-order valence-electron chi connectivity index (χ4n) is 3.69. The summed E-state index contributed by atoms with van der Waals surface area (Å²) in [7, 11) is 1.78. The Balaban J connectivity index is 1.81. The molecule has 0 amide bonds. The molecule has 0 bridgehead atoms. The van der Waals surface area contributed by atoms with Crippen molar-refractivity contribution in [3.63, 3.8) is 0 Å². The van der Waals surface area contributed by atoms with Crippen LogP contribution in [0.5, 0.6) is 0 Å². The molecule has 0 aliphatic carbocycles. The van der Waals surface area contributed by atoms with Gasteiger partial charge in [-0.05, 0) is 24.3 Å². The van der Waals surface area contributed by atoms with Crippen LogP contribution in [0.25, 0.3) is 11.3 Å². The average Bonchev–Trinajstić information content (AvgIpc) is 3.60. The second-order valence-electron chi connectivity index (χ2n) is 9.54. The molecule has 0 atom stereocenters. The number of ketones is 1. The Hall–Kier alpha value is -4.03. The molecule has 1 N–H and O–H groups in total. The Kier molecular flexibility index (Phi) is 7.38. The molecule has 0 saturated carbocycles. The van der Waals surface area contributed by atoms with Gasteiger partial charge in [-0.25, -0.2) is 9.78 Å². The van der Waals surface area contributed by atoms with Crippen molar-refractivity contribution in [3.05, 3.63) is 73.9 Å². The van der Waals surface area contributed by atoms with Gasteiger partial charge in [0.25, 0.3) is 11.5 Å². The van der Waals surface area contributed by atoms with E-state index < -0.39 is 29.3 Å². The highest BCUT2D eigenvalue weighted by molar-refractivity contribution is 7.16. The highest BCUT2D eigenvalue weighted by Gasteiger charge is 2.29. The van der Waals surface area contributed by atoms with Gasteiger partial charge in [-0.15, -0.1) is 11.3 Å². The number of carbonyl (C=O) groups is 3. The molecular weight excluding hydrogens is 534 g/mol. The van der Waals surface area contributed by atoms with Gasteiger partial charge in [0.1, 0.15) is 29.2 Å². The van der Waals surface area contributed by atoms with Gasteiger partial charge in [-0.3, -0.25) is 19.0 Å². The van der Waals surface area contributed by atoms with Gasteiger partial charge in [0.15, 0.2) is 6.39 Å². The summed E-state index contributed by atoms with van der Waals surface area (Å²) in [6.07, 6.45) is 2.17. The van der Waals surface area contributed by atoms with E-state index in [9.17, 15) is 24.3 Å². The average molecular weight is 558 g/mol. The lowest BCUT2D eigenvalue weighted by Gasteiger charge is -2.22. The largest absolute Gasteiger partial charge is 0.477 e. The number of nitrogens with zero attached hydrogens (tertiary/aromatic N) is 5. The summed E-state index contributed by atoms with van der Waals surface area (Å²) in [6, 6.07) is 7.79. The third-order valence-electron chi connectivity index (χ3n) is 5.63. The minimum absolute atomic E-state index is 0.0252. The number of Topliss-reactive ketones (excluding diaryl/α,β-unsaturated/α-hetero) is 1. The highest BCUT2D eigenvalue weighted by Crippen LogP contribution is 2.29. The van der Waals surface area contributed by atoms with Crippen molar-refractivity contribution in [1.82, 2.24) is 19.3 Å². The Morgan fingerprint density at radius 2 is 1.92 bits per heavy atom. The highest BCUT2D eigenvalue weighted by atomic mass is 35.5. The fraction of sp³-hybridized carbons (Fsp3) is 0.280. The van der Waals surface area contributed by atoms with Crippen molar-refractivity contribution < 1.29 is 23.9 Å². The molecule has 13 heteroatoms. The minimum atomic E-state index is -1.38. The number of thiophene rings is 1. The summed E-state index contributed by atoms with van der Waals surface area (Å²) in [5.74, 6) is -1.87. The van der Waals surface area contributed by atoms with E-state index in [-0.39, 0.29) is 28.6 Å². The summed E-state index contributed by atoms with van der Waals surface area (Å²) in [5, 5.41) is 14.1. The molecule has 0 aromatic carbocycles. The van der Waals surface area contributed by atoms with Crippen LogP contribution in [0.15, 0.2) is 52.2 Å². The number of aromatic carboxylic acids is 1. The predicted molar refractivity (Wildman–Crippen MR) is 141 cm³/mol. The van der Waals surface area contributed by atoms with E-state index in [4.69, 9.17) is 16.0 Å². The summed E-state index contributed by atoms with van der Waals surface area (Å²) in [4.78, 5) is 57.8. The molecule has 0 aliphatic rings. The number of carbonyl (C=O) groups excluding carboxylic acids is 2. The lowest BCUT2D eigenvalue weighted by atomic mass is 9.96. The zero-order valence-corrected chi connectivity index (χ0v) is 22.5. The molecule has 0 radical (unpaired) electrons. The number of halogens is 1. The Morgan fingerprint density at radius 1 is 1.18 bits per heavy atom. The number of aromatic nitrogens is 4. The molecular formula is C25H24ClN5O6S. The Morgan fingerprint density at radius 3 is 2.50 bits per heavy atom. The van der Waals surface area contributed by atoms with Crippen LogP contribution in [0.4, 0.5) is 5.82 Å². The van der Waals surface area contributed by atoms with Crippen LogP contribution < -0.4 is 10.5 Å². The molecule has 198 valence electrons. The van der Waals surface area contributed by atoms with E-state index in [0.717, 1.165) is 22.1 Å². The fourth-order valence-corrected chi connectivity index (χ4v) is 4.83. The number of anilines is 1. The van der Waals surface area contributed by atoms with Gasteiger partial charge < -0.3 is 14.4 Å². The molecule has 4 aromatic rings. The first-order chi connectivity index (χ1) is 17.9. The van der Waals surface area contributed by atoms with Gasteiger partial charge in [0.05, 0.1) is 23.0 Å². The van der Waals surface area contributed by atoms with Gasteiger partial charge >= 0.3 is 5.97 Å². The third kappa shape index (κ3) is 5.46. The number of carboxylic acids is 1. The Bertz CT molecular complexity index is 1580. The molecule has 4 heterocycles. The van der Waals surface area contributed by atoms with Crippen LogP contribution in [0.3, 0.4) is 0 Å². The topological polar surface area (TPSA) is 141 Å². The number of carboxylic acid groups (broad SMARTS) is 1. The summed E-state index contributed by atoms with van der Waals surface area (Å²) in [5.41, 5.74) is -1.80. The first-order valence-corrected chi connectivity index (χ1v) is 12.6. The molecule has 0 saturated heterocycles. The van der Waals surface area contributed by atoms with Crippen LogP contribution in [0.2, 0.25) is 4.34 Å². The maximum absolute atomic E-state index is 13.5. The summed E-state index contributed by atoms with van der Waals surface area (Å²) < 4.78 is 7.53. The zero-order valence-electron chi connectivity index (χ0n) is 21.0. The molecule has 0 unspecified atom stereocenters. The molecule has 11 nitrogen and oxygen atoms in total. The van der Waals surface area contributed by atoms with Gasteiger partial charge in [0.2, 0.25) is 5.78 Å². The normalized spacial score (nSPS) is 11.5. The zero-order chi connectivity index (χ0) is 27.8. The van der Waals surface area contributed by atoms with Crippen LogP contribution >= 0.6 is 22.9 Å². The van der Waals surface area contributed by atoms with Crippen molar-refractivity contribution >= 4 is 46.4 Å². The smallest absolute Gasteiger partial charge is 0.352 e. The van der Waals surface area contributed by atoms with Gasteiger partial charge in [-0.1, -0.05) is 32.4 Å². The van der Waals surface area contributed by atoms with Crippen molar-refractivity contribution in [1.29, 1.82) is 0 Å². The van der Waals surface area contributed by atoms with E-state index >= 15 is 0 Å². The van der Waals surface area contributed by atoms with Crippen LogP contribution in [0, 0.1) is 5.41 Å². The standard InChI is InChI=1S/C25H24ClN5O6S/c1-25(2,3)24(36)31-21(29(4)10-14-5-8-20(26)38-14)9-16(28-31)15-6-7-18(23(34)35)30(22(15)33)11-19(32)17-12-37-13-27-17/h5-9,12-13H,10-11H2,1-4H3,(H,34,35). The van der Waals surface area contributed by atoms with E-state index in [1.165, 1.54) is 28.2 Å². The predicted octanol–water partition coefficient (Wildman–Crippen LogP) is 4.32. The third-order valence-corrected chi connectivity index (χ3v) is 6.84. The SMILES string of the molecule is CN(Cc1ccc(Cl)s1)c1cc(-c2ccc(C(=O)O)n(CC(=O)c3cocn3)c2=O)nn1C(=O)C(C)(C)C. The molecule has 4 aromatic heterocycles. The Labute approximate surface area is 225 Å². The molecule has 4 rings (SSSR count). The monoisotopic (exact) mass is 557 g/mol. The first kappa shape index (κ1) is 27.0. The summed E-state index contributed by atoms with van der Waals surface area (Å²) in [6.45, 7) is 5.11. The van der Waals surface area contributed by atoms with E-state index in [0.29, 0.717) is 16.7 Å². The van der Waals surface area contributed by atoms with Crippen molar-refractivity contribution in [2.45, 2.75) is 33.9 Å². The molecule has 0 spiro atoms. The quantitative estimate of drug-likeness (QED) is 0.313.